The van der Waals surface area contributed by atoms with Gasteiger partial charge in [-0.1, -0.05) is 0 Å². The summed E-state index contributed by atoms with van der Waals surface area (Å²) in [6, 6.07) is 5.47. The van der Waals surface area contributed by atoms with Gasteiger partial charge in [-0.3, -0.25) is 14.6 Å². The van der Waals surface area contributed by atoms with Crippen LogP contribution in [-0.4, -0.2) is 33.5 Å². The van der Waals surface area contributed by atoms with Crippen LogP contribution in [-0.2, 0) is 4.79 Å². The number of nitrogens with zero attached hydrogens (tertiary/aromatic N) is 2. The van der Waals surface area contributed by atoms with Gasteiger partial charge in [-0.25, -0.2) is 4.98 Å². The van der Waals surface area contributed by atoms with Crippen molar-refractivity contribution in [3.63, 3.8) is 0 Å². The molecule has 0 bridgehead atoms. The minimum absolute atomic E-state index is 0.102. The SMILES string of the molecule is O=C(O)CNC(=O)c1cnc2cc([125I])ccc2n1. The van der Waals surface area contributed by atoms with Crippen LogP contribution in [0.5, 0.6) is 0 Å². The van der Waals surface area contributed by atoms with Gasteiger partial charge in [-0.05, 0) is 40.8 Å². The van der Waals surface area contributed by atoms with Gasteiger partial charge in [0, 0.05) is 3.57 Å². The highest BCUT2D eigenvalue weighted by molar-refractivity contribution is 14.1. The van der Waals surface area contributed by atoms with Crippen LogP contribution in [0.4, 0.5) is 0 Å². The largest absolute Gasteiger partial charge is 0.480 e. The number of amides is 1. The number of aliphatic carboxylic acids is 1. The lowest BCUT2D eigenvalue weighted by molar-refractivity contribution is -0.135. The fourth-order valence-corrected chi connectivity index (χ4v) is 1.81. The van der Waals surface area contributed by atoms with Crippen LogP contribution in [0, 0.1) is 3.57 Å². The van der Waals surface area contributed by atoms with E-state index in [9.17, 15) is 9.59 Å². The Morgan fingerprint density at radius 1 is 1.33 bits per heavy atom. The first-order chi connectivity index (χ1) is 8.56. The number of hydrogen-bond acceptors (Lipinski definition) is 4. The lowest BCUT2D eigenvalue weighted by atomic mass is 10.3. The molecule has 1 heterocycles. The number of benzene rings is 1. The molecule has 0 saturated heterocycles. The molecule has 0 fully saturated rings. The molecule has 0 aliphatic carbocycles. The standard InChI is InChI=1S/C11H8IN3O3/c12-6-1-2-7-8(3-6)13-4-9(15-7)11(18)14-5-10(16)17/h1-4H,5H2,(H,14,18)(H,16,17)/i12-2. The fourth-order valence-electron chi connectivity index (χ4n) is 1.34. The van der Waals surface area contributed by atoms with E-state index in [1.807, 2.05) is 12.1 Å². The first kappa shape index (κ1) is 12.7. The summed E-state index contributed by atoms with van der Waals surface area (Å²) in [6.07, 6.45) is 1.33. The van der Waals surface area contributed by atoms with Gasteiger partial charge in [-0.15, -0.1) is 0 Å². The van der Waals surface area contributed by atoms with Crippen molar-refractivity contribution in [2.75, 3.05) is 6.54 Å². The lowest BCUT2D eigenvalue weighted by Crippen LogP contribution is -2.29. The van der Waals surface area contributed by atoms with E-state index in [1.165, 1.54) is 6.20 Å². The molecule has 1 amide bonds. The highest BCUT2D eigenvalue weighted by atomic mass is 125. The number of hydrogen-bond donors (Lipinski definition) is 2. The molecule has 7 heteroatoms. The van der Waals surface area contributed by atoms with Crippen molar-refractivity contribution in [2.45, 2.75) is 0 Å². The second-order valence-electron chi connectivity index (χ2n) is 3.46. The van der Waals surface area contributed by atoms with Crippen LogP contribution in [0.15, 0.2) is 24.4 Å². The molecule has 2 rings (SSSR count). The zero-order valence-corrected chi connectivity index (χ0v) is 11.2. The maximum Gasteiger partial charge on any atom is 0.322 e. The van der Waals surface area contributed by atoms with E-state index in [4.69, 9.17) is 5.11 Å². The van der Waals surface area contributed by atoms with Crippen molar-refractivity contribution in [1.82, 2.24) is 15.3 Å². The number of rotatable bonds is 3. The molecule has 0 spiro atoms. The number of carboxylic acid groups (broad SMARTS) is 1. The molecule has 6 nitrogen and oxygen atoms in total. The van der Waals surface area contributed by atoms with Crippen molar-refractivity contribution in [3.05, 3.63) is 33.7 Å². The molecule has 0 aliphatic heterocycles. The average molecular weight is 355 g/mol. The third-order valence-corrected chi connectivity index (χ3v) is 2.81. The van der Waals surface area contributed by atoms with Gasteiger partial charge in [0.05, 0.1) is 17.2 Å². The summed E-state index contributed by atoms with van der Waals surface area (Å²) in [5.41, 5.74) is 1.39. The minimum Gasteiger partial charge on any atom is -0.480 e. The molecule has 2 N–H and O–H groups in total. The zero-order chi connectivity index (χ0) is 13.1. The highest BCUT2D eigenvalue weighted by Crippen LogP contribution is 2.13. The Hall–Kier alpha value is -1.77. The van der Waals surface area contributed by atoms with Crippen LogP contribution in [0.3, 0.4) is 0 Å². The molecule has 2 aromatic rings. The van der Waals surface area contributed by atoms with Crippen molar-refractivity contribution in [3.8, 4) is 0 Å². The van der Waals surface area contributed by atoms with Crippen molar-refractivity contribution in [2.24, 2.45) is 0 Å². The summed E-state index contributed by atoms with van der Waals surface area (Å²) in [5.74, 6) is -1.66. The molecule has 0 unspecified atom stereocenters. The number of aromatic nitrogens is 2. The number of halogens is 1. The number of fused-ring (bicyclic) bond motifs is 1. The molecule has 92 valence electrons. The number of carbonyl (C=O) groups excluding carboxylic acids is 1. The van der Waals surface area contributed by atoms with Crippen LogP contribution in [0.1, 0.15) is 10.5 Å². The normalized spacial score (nSPS) is 10.3. The molecule has 1 aromatic heterocycles. The first-order valence-corrected chi connectivity index (χ1v) is 6.06. The van der Waals surface area contributed by atoms with Gasteiger partial charge < -0.3 is 10.4 Å². The molecule has 0 radical (unpaired) electrons. The Bertz CT molecular complexity index is 630. The van der Waals surface area contributed by atoms with E-state index in [0.717, 1.165) is 3.57 Å². The maximum atomic E-state index is 11.6. The van der Waals surface area contributed by atoms with Gasteiger partial charge in [0.15, 0.2) is 0 Å². The first-order valence-electron chi connectivity index (χ1n) is 4.98. The maximum absolute atomic E-state index is 11.6. The zero-order valence-electron chi connectivity index (χ0n) is 9.05. The van der Waals surface area contributed by atoms with Gasteiger partial charge in [0.1, 0.15) is 12.2 Å². The van der Waals surface area contributed by atoms with E-state index in [2.05, 4.69) is 37.9 Å². The molecule has 1 aromatic carbocycles. The molecule has 0 saturated carbocycles. The summed E-state index contributed by atoms with van der Waals surface area (Å²) >= 11 is 2.16. The molecule has 0 aliphatic rings. The van der Waals surface area contributed by atoms with E-state index >= 15 is 0 Å². The molecular weight excluding hydrogens is 347 g/mol. The Labute approximate surface area is 116 Å². The van der Waals surface area contributed by atoms with Gasteiger partial charge in [0.2, 0.25) is 0 Å². The molecule has 0 atom stereocenters. The highest BCUT2D eigenvalue weighted by Gasteiger charge is 2.10. The molecular formula is C11H8IN3O3. The Morgan fingerprint density at radius 3 is 2.83 bits per heavy atom. The van der Waals surface area contributed by atoms with E-state index < -0.39 is 18.4 Å². The molecule has 18 heavy (non-hydrogen) atoms. The summed E-state index contributed by atoms with van der Waals surface area (Å²) in [5, 5.41) is 10.7. The van der Waals surface area contributed by atoms with E-state index in [0.29, 0.717) is 11.0 Å². The topological polar surface area (TPSA) is 92.2 Å². The third kappa shape index (κ3) is 2.92. The lowest BCUT2D eigenvalue weighted by Gasteiger charge is -2.03. The fraction of sp³-hybridized carbons (Fsp3) is 0.0909. The van der Waals surface area contributed by atoms with Crippen molar-refractivity contribution < 1.29 is 14.7 Å². The summed E-state index contributed by atoms with van der Waals surface area (Å²) < 4.78 is 1.03. The van der Waals surface area contributed by atoms with Crippen LogP contribution >= 0.6 is 22.6 Å². The predicted molar refractivity (Wildman–Crippen MR) is 72.2 cm³/mol. The summed E-state index contributed by atoms with van der Waals surface area (Å²) in [7, 11) is 0. The predicted octanol–water partition coefficient (Wildman–Crippen LogP) is 1.05. The number of carbonyl (C=O) groups is 2. The summed E-state index contributed by atoms with van der Waals surface area (Å²) in [6.45, 7) is -0.439. The minimum atomic E-state index is -1.10. The number of carboxylic acids is 1. The monoisotopic (exact) mass is 355 g/mol. The van der Waals surface area contributed by atoms with Gasteiger partial charge in [0.25, 0.3) is 5.91 Å². The smallest absolute Gasteiger partial charge is 0.322 e. The Kier molecular flexibility index (Phi) is 3.70. The van der Waals surface area contributed by atoms with Crippen LogP contribution < -0.4 is 5.32 Å². The van der Waals surface area contributed by atoms with Gasteiger partial charge >= 0.3 is 5.97 Å². The van der Waals surface area contributed by atoms with Gasteiger partial charge in [-0.2, -0.15) is 0 Å². The van der Waals surface area contributed by atoms with Crippen molar-refractivity contribution in [1.29, 1.82) is 0 Å². The summed E-state index contributed by atoms with van der Waals surface area (Å²) in [4.78, 5) is 30.2. The second kappa shape index (κ2) is 5.25. The van der Waals surface area contributed by atoms with Crippen molar-refractivity contribution >= 4 is 45.5 Å². The van der Waals surface area contributed by atoms with E-state index in [1.54, 1.807) is 6.07 Å². The number of nitrogens with one attached hydrogen (secondary N) is 1. The second-order valence-corrected chi connectivity index (χ2v) is 4.71. The average Bonchev–Trinajstić information content (AvgIpc) is 2.35. The Balaban J connectivity index is 2.27. The quantitative estimate of drug-likeness (QED) is 0.803. The van der Waals surface area contributed by atoms with Crippen LogP contribution in [0.2, 0.25) is 0 Å². The Morgan fingerprint density at radius 2 is 2.11 bits per heavy atom. The third-order valence-electron chi connectivity index (χ3n) is 2.14. The van der Waals surface area contributed by atoms with E-state index in [-0.39, 0.29) is 5.69 Å². The van der Waals surface area contributed by atoms with Crippen LogP contribution in [0.25, 0.3) is 11.0 Å².